The molecule has 1 atom stereocenters. The second-order valence-electron chi connectivity index (χ2n) is 3.12. The Kier molecular flexibility index (Phi) is 5.52. The van der Waals surface area contributed by atoms with Gasteiger partial charge in [0.1, 0.15) is 0 Å². The van der Waals surface area contributed by atoms with Crippen LogP contribution < -0.4 is 5.32 Å². The van der Waals surface area contributed by atoms with Crippen molar-refractivity contribution in [2.75, 3.05) is 6.61 Å². The van der Waals surface area contributed by atoms with E-state index in [4.69, 9.17) is 5.11 Å². The molecule has 0 bridgehead atoms. The first kappa shape index (κ1) is 13.2. The molecule has 0 aliphatic carbocycles. The van der Waals surface area contributed by atoms with Crippen LogP contribution in [-0.2, 0) is 4.79 Å². The molecular formula is C8H14F3NO2. The zero-order valence-corrected chi connectivity index (χ0v) is 7.90. The van der Waals surface area contributed by atoms with Gasteiger partial charge in [-0.1, -0.05) is 0 Å². The Morgan fingerprint density at radius 3 is 2.50 bits per heavy atom. The van der Waals surface area contributed by atoms with Crippen LogP contribution in [0.15, 0.2) is 0 Å². The van der Waals surface area contributed by atoms with Gasteiger partial charge in [0.15, 0.2) is 0 Å². The predicted octanol–water partition coefficient (Wildman–Crippen LogP) is 1.22. The molecule has 14 heavy (non-hydrogen) atoms. The maximum Gasteiger partial charge on any atom is 0.391 e. The molecule has 0 aliphatic heterocycles. The van der Waals surface area contributed by atoms with Gasteiger partial charge in [0.05, 0.1) is 6.42 Å². The number of hydrogen-bond acceptors (Lipinski definition) is 2. The molecule has 0 saturated heterocycles. The molecule has 0 heterocycles. The molecule has 1 amide bonds. The number of alkyl halides is 3. The average molecular weight is 213 g/mol. The number of aliphatic hydroxyl groups excluding tert-OH is 1. The Morgan fingerprint density at radius 2 is 2.07 bits per heavy atom. The largest absolute Gasteiger partial charge is 0.396 e. The number of hydrogen-bond donors (Lipinski definition) is 2. The highest BCUT2D eigenvalue weighted by Gasteiger charge is 2.30. The summed E-state index contributed by atoms with van der Waals surface area (Å²) in [6.45, 7) is 1.16. The van der Waals surface area contributed by atoms with E-state index in [1.807, 2.05) is 0 Å². The summed E-state index contributed by atoms with van der Waals surface area (Å²) in [5.41, 5.74) is 0. The van der Waals surface area contributed by atoms with Gasteiger partial charge in [-0.15, -0.1) is 0 Å². The van der Waals surface area contributed by atoms with Crippen molar-refractivity contribution in [1.82, 2.24) is 5.32 Å². The van der Waals surface area contributed by atoms with Gasteiger partial charge in [0.2, 0.25) is 5.91 Å². The van der Waals surface area contributed by atoms with Crippen LogP contribution in [0.1, 0.15) is 26.2 Å². The van der Waals surface area contributed by atoms with Crippen molar-refractivity contribution in [1.29, 1.82) is 0 Å². The van der Waals surface area contributed by atoms with Crippen molar-refractivity contribution in [3.8, 4) is 0 Å². The number of rotatable bonds is 5. The van der Waals surface area contributed by atoms with Gasteiger partial charge in [-0.25, -0.2) is 0 Å². The van der Waals surface area contributed by atoms with Crippen molar-refractivity contribution < 1.29 is 23.1 Å². The third-order valence-electron chi connectivity index (χ3n) is 1.51. The quantitative estimate of drug-likeness (QED) is 0.721. The summed E-state index contributed by atoms with van der Waals surface area (Å²) < 4.78 is 35.5. The molecular weight excluding hydrogens is 199 g/mol. The minimum atomic E-state index is -4.26. The molecule has 84 valence electrons. The Labute approximate surface area is 80.3 Å². The SMILES string of the molecule is CC(CC(F)(F)F)NC(=O)CCCO. The predicted molar refractivity (Wildman–Crippen MR) is 44.6 cm³/mol. The van der Waals surface area contributed by atoms with Gasteiger partial charge >= 0.3 is 6.18 Å². The Balaban J connectivity index is 3.71. The maximum absolute atomic E-state index is 11.8. The molecule has 0 rings (SSSR count). The number of nitrogens with one attached hydrogen (secondary N) is 1. The first-order chi connectivity index (χ1) is 6.35. The van der Waals surface area contributed by atoms with E-state index in [0.29, 0.717) is 0 Å². The fraction of sp³-hybridized carbons (Fsp3) is 0.875. The molecule has 3 nitrogen and oxygen atoms in total. The zero-order chi connectivity index (χ0) is 11.2. The van der Waals surface area contributed by atoms with Crippen molar-refractivity contribution in [2.24, 2.45) is 0 Å². The maximum atomic E-state index is 11.8. The fourth-order valence-corrected chi connectivity index (χ4v) is 0.985. The monoisotopic (exact) mass is 213 g/mol. The van der Waals surface area contributed by atoms with E-state index in [1.54, 1.807) is 0 Å². The Hall–Kier alpha value is -0.780. The standard InChI is InChI=1S/C8H14F3NO2/c1-6(5-8(9,10)11)12-7(14)3-2-4-13/h6,13H,2-5H2,1H3,(H,12,14). The molecule has 0 aromatic carbocycles. The van der Waals surface area contributed by atoms with Crippen LogP contribution in [0.2, 0.25) is 0 Å². The smallest absolute Gasteiger partial charge is 0.391 e. The Bertz CT molecular complexity index is 182. The highest BCUT2D eigenvalue weighted by molar-refractivity contribution is 5.76. The number of aliphatic hydroxyl groups is 1. The lowest BCUT2D eigenvalue weighted by molar-refractivity contribution is -0.141. The van der Waals surface area contributed by atoms with E-state index in [1.165, 1.54) is 6.92 Å². The van der Waals surface area contributed by atoms with Crippen LogP contribution in [0.4, 0.5) is 13.2 Å². The van der Waals surface area contributed by atoms with Crippen LogP contribution in [0.25, 0.3) is 0 Å². The van der Waals surface area contributed by atoms with E-state index < -0.39 is 24.5 Å². The fourth-order valence-electron chi connectivity index (χ4n) is 0.985. The number of carbonyl (C=O) groups is 1. The molecule has 0 radical (unpaired) electrons. The minimum absolute atomic E-state index is 0.0543. The summed E-state index contributed by atoms with van der Waals surface area (Å²) in [6.07, 6.45) is -4.97. The first-order valence-electron chi connectivity index (χ1n) is 4.32. The van der Waals surface area contributed by atoms with Crippen molar-refractivity contribution in [2.45, 2.75) is 38.4 Å². The third kappa shape index (κ3) is 7.85. The number of amides is 1. The third-order valence-corrected chi connectivity index (χ3v) is 1.51. The lowest BCUT2D eigenvalue weighted by Crippen LogP contribution is -2.35. The van der Waals surface area contributed by atoms with Crippen LogP contribution in [0.5, 0.6) is 0 Å². The van der Waals surface area contributed by atoms with Gasteiger partial charge in [-0.05, 0) is 13.3 Å². The molecule has 0 aliphatic rings. The van der Waals surface area contributed by atoms with Gasteiger partial charge in [0.25, 0.3) is 0 Å². The minimum Gasteiger partial charge on any atom is -0.396 e. The molecule has 0 spiro atoms. The van der Waals surface area contributed by atoms with E-state index in [9.17, 15) is 18.0 Å². The molecule has 2 N–H and O–H groups in total. The molecule has 0 aromatic heterocycles. The van der Waals surface area contributed by atoms with E-state index in [-0.39, 0.29) is 19.4 Å². The highest BCUT2D eigenvalue weighted by Crippen LogP contribution is 2.21. The number of halogens is 3. The van der Waals surface area contributed by atoms with E-state index in [0.717, 1.165) is 0 Å². The van der Waals surface area contributed by atoms with Crippen molar-refractivity contribution >= 4 is 5.91 Å². The van der Waals surface area contributed by atoms with E-state index >= 15 is 0 Å². The second kappa shape index (κ2) is 5.85. The normalized spacial score (nSPS) is 13.8. The van der Waals surface area contributed by atoms with Gasteiger partial charge < -0.3 is 10.4 Å². The average Bonchev–Trinajstić information content (AvgIpc) is 1.96. The molecule has 6 heteroatoms. The van der Waals surface area contributed by atoms with Crippen molar-refractivity contribution in [3.05, 3.63) is 0 Å². The zero-order valence-electron chi connectivity index (χ0n) is 7.90. The topological polar surface area (TPSA) is 49.3 Å². The summed E-state index contributed by atoms with van der Waals surface area (Å²) in [6, 6.07) is -0.916. The summed E-state index contributed by atoms with van der Waals surface area (Å²) in [4.78, 5) is 10.9. The lowest BCUT2D eigenvalue weighted by atomic mass is 10.2. The molecule has 1 unspecified atom stereocenters. The first-order valence-corrected chi connectivity index (χ1v) is 4.32. The molecule has 0 saturated carbocycles. The lowest BCUT2D eigenvalue weighted by Gasteiger charge is -2.15. The van der Waals surface area contributed by atoms with Crippen LogP contribution in [0, 0.1) is 0 Å². The summed E-state index contributed by atoms with van der Waals surface area (Å²) in [7, 11) is 0. The van der Waals surface area contributed by atoms with Gasteiger partial charge in [0, 0.05) is 19.1 Å². The molecule has 0 fully saturated rings. The number of carbonyl (C=O) groups excluding carboxylic acids is 1. The van der Waals surface area contributed by atoms with Gasteiger partial charge in [-0.3, -0.25) is 4.79 Å². The summed E-state index contributed by atoms with van der Waals surface area (Å²) in [5.74, 6) is -0.462. The van der Waals surface area contributed by atoms with Crippen LogP contribution >= 0.6 is 0 Å². The van der Waals surface area contributed by atoms with Crippen LogP contribution in [0.3, 0.4) is 0 Å². The summed E-state index contributed by atoms with van der Waals surface area (Å²) in [5, 5.41) is 10.6. The molecule has 0 aromatic rings. The Morgan fingerprint density at radius 1 is 1.50 bits per heavy atom. The van der Waals surface area contributed by atoms with Crippen LogP contribution in [-0.4, -0.2) is 29.8 Å². The van der Waals surface area contributed by atoms with Crippen molar-refractivity contribution in [3.63, 3.8) is 0 Å². The highest BCUT2D eigenvalue weighted by atomic mass is 19.4. The van der Waals surface area contributed by atoms with E-state index in [2.05, 4.69) is 5.32 Å². The summed E-state index contributed by atoms with van der Waals surface area (Å²) >= 11 is 0. The second-order valence-corrected chi connectivity index (χ2v) is 3.12. The van der Waals surface area contributed by atoms with Gasteiger partial charge in [-0.2, -0.15) is 13.2 Å².